The molecule has 0 saturated heterocycles. The third-order valence-corrected chi connectivity index (χ3v) is 6.23. The van der Waals surface area contributed by atoms with Crippen LogP contribution in [0, 0.1) is 23.7 Å². The Morgan fingerprint density at radius 2 is 1.24 bits per heavy atom. The molecule has 4 amide bonds. The number of carboxylic acid groups (broad SMARTS) is 1. The molecule has 12 nitrogen and oxygen atoms in total. The van der Waals surface area contributed by atoms with Gasteiger partial charge in [0.1, 0.15) is 18.1 Å². The largest absolute Gasteiger partial charge is 0.480 e. The Labute approximate surface area is 225 Å². The number of imide groups is 1. The van der Waals surface area contributed by atoms with E-state index < -0.39 is 77.4 Å². The quantitative estimate of drug-likeness (QED) is 0.182. The molecule has 0 aliphatic rings. The van der Waals surface area contributed by atoms with Crippen LogP contribution in [0.3, 0.4) is 0 Å². The van der Waals surface area contributed by atoms with E-state index in [0.29, 0.717) is 4.90 Å². The summed E-state index contributed by atoms with van der Waals surface area (Å²) in [6.45, 7) is 15.0. The second-order valence-electron chi connectivity index (χ2n) is 11.1. The number of rotatable bonds is 15. The zero-order chi connectivity index (χ0) is 30.1. The highest BCUT2D eigenvalue weighted by molar-refractivity contribution is 6.41. The number of hydrogen-bond acceptors (Lipinski definition) is 8. The average Bonchev–Trinajstić information content (AvgIpc) is 2.82. The molecule has 0 aliphatic carbocycles. The molecule has 0 aliphatic heterocycles. The number of ketones is 1. The van der Waals surface area contributed by atoms with E-state index in [1.54, 1.807) is 62.3 Å². The van der Waals surface area contributed by atoms with Gasteiger partial charge in [-0.1, -0.05) is 62.3 Å². The number of carboxylic acids is 1. The van der Waals surface area contributed by atoms with E-state index in [0.717, 1.165) is 0 Å². The van der Waals surface area contributed by atoms with Gasteiger partial charge in [0.25, 0.3) is 11.8 Å². The van der Waals surface area contributed by atoms with Crippen molar-refractivity contribution in [2.75, 3.05) is 0 Å². The van der Waals surface area contributed by atoms with Crippen molar-refractivity contribution in [3.05, 3.63) is 0 Å². The summed E-state index contributed by atoms with van der Waals surface area (Å²) in [5, 5.41) is 14.5. The molecule has 38 heavy (non-hydrogen) atoms. The summed E-state index contributed by atoms with van der Waals surface area (Å²) < 4.78 is 0. The number of Topliss-reactive ketones (excluding diaryl/α,β-unsaturated/α-hetero) is 1. The van der Waals surface area contributed by atoms with E-state index in [4.69, 9.17) is 11.5 Å². The molecule has 0 fully saturated rings. The summed E-state index contributed by atoms with van der Waals surface area (Å²) >= 11 is 0. The maximum absolute atomic E-state index is 13.9. The van der Waals surface area contributed by atoms with Crippen LogP contribution in [0.5, 0.6) is 0 Å². The van der Waals surface area contributed by atoms with E-state index >= 15 is 0 Å². The fourth-order valence-corrected chi connectivity index (χ4v) is 3.61. The maximum atomic E-state index is 13.9. The van der Waals surface area contributed by atoms with Gasteiger partial charge in [-0.15, -0.1) is 0 Å². The van der Waals surface area contributed by atoms with Crippen molar-refractivity contribution >= 4 is 35.4 Å². The third kappa shape index (κ3) is 9.79. The number of hydrogen-bond donors (Lipinski definition) is 5. The van der Waals surface area contributed by atoms with Crippen molar-refractivity contribution in [1.29, 1.82) is 0 Å². The zero-order valence-electron chi connectivity index (χ0n) is 24.1. The molecule has 0 aromatic carbocycles. The number of nitrogens with two attached hydrogens (primary N) is 2. The summed E-state index contributed by atoms with van der Waals surface area (Å²) in [7, 11) is 0. The summed E-state index contributed by atoms with van der Waals surface area (Å²) in [5.74, 6) is -7.74. The van der Waals surface area contributed by atoms with Gasteiger partial charge in [0.15, 0.2) is 0 Å². The molecule has 218 valence electrons. The second kappa shape index (κ2) is 15.5. The van der Waals surface area contributed by atoms with Crippen LogP contribution in [0.25, 0.3) is 0 Å². The van der Waals surface area contributed by atoms with Crippen molar-refractivity contribution in [2.45, 2.75) is 105 Å². The highest BCUT2D eigenvalue weighted by atomic mass is 16.4. The molecule has 0 saturated carbocycles. The summed E-state index contributed by atoms with van der Waals surface area (Å²) in [6, 6.07) is -6.29. The molecule has 7 N–H and O–H groups in total. The molecule has 0 heterocycles. The molecule has 0 aromatic heterocycles. The first-order valence-corrected chi connectivity index (χ1v) is 13.1. The smallest absolute Gasteiger partial charge is 0.326 e. The lowest BCUT2D eigenvalue weighted by atomic mass is 9.95. The van der Waals surface area contributed by atoms with Crippen LogP contribution in [-0.4, -0.2) is 75.6 Å². The lowest BCUT2D eigenvalue weighted by Crippen LogP contribution is -2.63. The number of nitrogens with zero attached hydrogens (tertiary/aromatic N) is 1. The molecule has 0 rings (SSSR count). The van der Waals surface area contributed by atoms with Crippen LogP contribution in [0.2, 0.25) is 0 Å². The van der Waals surface area contributed by atoms with Gasteiger partial charge in [-0.05, 0) is 36.5 Å². The first-order valence-electron chi connectivity index (χ1n) is 13.1. The summed E-state index contributed by atoms with van der Waals surface area (Å²) in [5.41, 5.74) is 11.8. The fraction of sp³-hybridized carbons (Fsp3) is 0.769. The lowest BCUT2D eigenvalue weighted by molar-refractivity contribution is -0.160. The lowest BCUT2D eigenvalue weighted by Gasteiger charge is -2.35. The Balaban J connectivity index is 6.80. The van der Waals surface area contributed by atoms with E-state index in [1.165, 1.54) is 0 Å². The van der Waals surface area contributed by atoms with Gasteiger partial charge in [0, 0.05) is 0 Å². The van der Waals surface area contributed by atoms with Crippen molar-refractivity contribution in [3.8, 4) is 0 Å². The van der Waals surface area contributed by atoms with Crippen LogP contribution in [0.15, 0.2) is 0 Å². The minimum absolute atomic E-state index is 0.0628. The van der Waals surface area contributed by atoms with Crippen LogP contribution < -0.4 is 22.1 Å². The first-order chi connectivity index (χ1) is 17.4. The van der Waals surface area contributed by atoms with Crippen molar-refractivity contribution in [3.63, 3.8) is 0 Å². The minimum atomic E-state index is -1.53. The highest BCUT2D eigenvalue weighted by Crippen LogP contribution is 2.19. The first kappa shape index (κ1) is 35.1. The van der Waals surface area contributed by atoms with Gasteiger partial charge in [-0.3, -0.25) is 28.9 Å². The van der Waals surface area contributed by atoms with Crippen molar-refractivity contribution in [2.24, 2.45) is 35.1 Å². The van der Waals surface area contributed by atoms with Gasteiger partial charge in [0.2, 0.25) is 17.6 Å². The Bertz CT molecular complexity index is 872. The number of carbonyl (C=O) groups excluding carboxylic acids is 5. The van der Waals surface area contributed by atoms with Gasteiger partial charge in [-0.2, -0.15) is 0 Å². The summed E-state index contributed by atoms with van der Waals surface area (Å²) in [4.78, 5) is 78.7. The van der Waals surface area contributed by atoms with Crippen LogP contribution in [-0.2, 0) is 28.8 Å². The predicted octanol–water partition coefficient (Wildman–Crippen LogP) is 0.412. The molecular formula is C26H47N5O7. The van der Waals surface area contributed by atoms with Crippen molar-refractivity contribution in [1.82, 2.24) is 15.5 Å². The molecule has 0 aromatic rings. The standard InChI is InChI=1S/C26H47N5O7/c1-10-16(27)21(32)25(36)31(24(35)19(14(6)7)29-23(34)18(28)13(4)5)17(11-12(2)3)22(33)30-20(15(8)9)26(37)38/h12-20H,10-11,27-28H2,1-9H3,(H,29,34)(H,30,33)(H,37,38)/t16?,17-,18+,19+,20+/m1/s1. The second-order valence-corrected chi connectivity index (χ2v) is 11.1. The minimum Gasteiger partial charge on any atom is -0.480 e. The molecular weight excluding hydrogens is 494 g/mol. The zero-order valence-corrected chi connectivity index (χ0v) is 24.1. The molecule has 12 heteroatoms. The highest BCUT2D eigenvalue weighted by Gasteiger charge is 2.44. The van der Waals surface area contributed by atoms with E-state index in [9.17, 15) is 33.9 Å². The Morgan fingerprint density at radius 3 is 1.61 bits per heavy atom. The van der Waals surface area contributed by atoms with Gasteiger partial charge < -0.3 is 27.2 Å². The molecule has 0 bridgehead atoms. The Hall–Kier alpha value is -2.86. The predicted molar refractivity (Wildman–Crippen MR) is 142 cm³/mol. The molecule has 0 spiro atoms. The average molecular weight is 542 g/mol. The number of amides is 4. The number of aliphatic carboxylic acids is 1. The Kier molecular flexibility index (Phi) is 14.4. The number of carbonyl (C=O) groups is 6. The monoisotopic (exact) mass is 541 g/mol. The van der Waals surface area contributed by atoms with E-state index in [-0.39, 0.29) is 24.7 Å². The van der Waals surface area contributed by atoms with E-state index in [2.05, 4.69) is 10.6 Å². The molecule has 1 unspecified atom stereocenters. The van der Waals surface area contributed by atoms with Gasteiger partial charge >= 0.3 is 5.97 Å². The normalized spacial score (nSPS) is 15.6. The van der Waals surface area contributed by atoms with Crippen LogP contribution in [0.4, 0.5) is 0 Å². The topological polar surface area (TPSA) is 202 Å². The Morgan fingerprint density at radius 1 is 0.763 bits per heavy atom. The maximum Gasteiger partial charge on any atom is 0.326 e. The van der Waals surface area contributed by atoms with E-state index in [1.807, 2.05) is 0 Å². The van der Waals surface area contributed by atoms with Gasteiger partial charge in [0.05, 0.1) is 12.1 Å². The molecule has 5 atom stereocenters. The molecule has 0 radical (unpaired) electrons. The third-order valence-electron chi connectivity index (χ3n) is 6.23. The van der Waals surface area contributed by atoms with Gasteiger partial charge in [-0.25, -0.2) is 4.79 Å². The van der Waals surface area contributed by atoms with Crippen LogP contribution >= 0.6 is 0 Å². The SMILES string of the molecule is CCC(N)C(=O)C(=O)N(C(=O)[C@@H](NC(=O)[C@@H](N)C(C)C)C(C)C)[C@H](CC(C)C)C(=O)N[C@H](C(=O)O)C(C)C. The fourth-order valence-electron chi connectivity index (χ4n) is 3.61. The number of nitrogens with one attached hydrogen (secondary N) is 2. The van der Waals surface area contributed by atoms with Crippen molar-refractivity contribution < 1.29 is 33.9 Å². The van der Waals surface area contributed by atoms with Crippen LogP contribution in [0.1, 0.15) is 75.2 Å². The summed E-state index contributed by atoms with van der Waals surface area (Å²) in [6.07, 6.45) is 0.0440.